The lowest BCUT2D eigenvalue weighted by atomic mass is 10.1. The first-order valence-corrected chi connectivity index (χ1v) is 11.3. The van der Waals surface area contributed by atoms with E-state index in [1.165, 1.54) is 0 Å². The third-order valence-corrected chi connectivity index (χ3v) is 6.46. The van der Waals surface area contributed by atoms with Gasteiger partial charge in [0.2, 0.25) is 0 Å². The van der Waals surface area contributed by atoms with Crippen LogP contribution in [0.15, 0.2) is 53.9 Å². The van der Waals surface area contributed by atoms with Crippen LogP contribution >= 0.6 is 11.3 Å². The topological polar surface area (TPSA) is 62.2 Å². The average Bonchev–Trinajstić information content (AvgIpc) is 3.32. The number of pyridine rings is 1. The van der Waals surface area contributed by atoms with Crippen molar-refractivity contribution in [3.63, 3.8) is 0 Å². The van der Waals surface area contributed by atoms with Crippen LogP contribution in [0.3, 0.4) is 0 Å². The Hall–Kier alpha value is -3.32. The predicted octanol–water partition coefficient (Wildman–Crippen LogP) is 4.33. The Labute approximate surface area is 185 Å². The number of thiophene rings is 1. The van der Waals surface area contributed by atoms with Gasteiger partial charge < -0.3 is 9.80 Å². The lowest BCUT2D eigenvalue weighted by Gasteiger charge is -2.35. The summed E-state index contributed by atoms with van der Waals surface area (Å²) in [6, 6.07) is 15.9. The second-order valence-electron chi connectivity index (χ2n) is 7.74. The Morgan fingerprint density at radius 2 is 1.74 bits per heavy atom. The molecule has 1 fully saturated rings. The molecule has 1 amide bonds. The molecule has 0 atom stereocenters. The van der Waals surface area contributed by atoms with E-state index in [9.17, 15) is 4.79 Å². The molecule has 156 valence electrons. The summed E-state index contributed by atoms with van der Waals surface area (Å²) in [5.74, 6) is 1.77. The number of carbonyl (C=O) groups is 1. The van der Waals surface area contributed by atoms with E-state index in [2.05, 4.69) is 14.9 Å². The largest absolute Gasteiger partial charge is 0.353 e. The number of hydrogen-bond donors (Lipinski definition) is 0. The number of para-hydroxylation sites is 1. The number of aromatic nitrogens is 3. The van der Waals surface area contributed by atoms with Gasteiger partial charge in [-0.3, -0.25) is 4.79 Å². The molecule has 0 bridgehead atoms. The number of amides is 1. The van der Waals surface area contributed by atoms with E-state index in [-0.39, 0.29) is 5.91 Å². The van der Waals surface area contributed by atoms with Crippen LogP contribution in [0.4, 0.5) is 5.82 Å². The molecule has 1 aromatic carbocycles. The highest BCUT2D eigenvalue weighted by atomic mass is 32.1. The zero-order valence-corrected chi connectivity index (χ0v) is 18.4. The first-order valence-electron chi connectivity index (χ1n) is 10.4. The maximum Gasteiger partial charge on any atom is 0.254 e. The highest BCUT2D eigenvalue weighted by molar-refractivity contribution is 7.13. The SMILES string of the molecule is Cc1cc(N2CCN(C(=O)c3cc(-c4cccs4)nc4ccccc34)CC2)nc(C)n1. The number of rotatable bonds is 3. The van der Waals surface area contributed by atoms with E-state index < -0.39 is 0 Å². The Balaban J connectivity index is 1.42. The molecule has 31 heavy (non-hydrogen) atoms. The van der Waals surface area contributed by atoms with Crippen LogP contribution in [0.2, 0.25) is 0 Å². The van der Waals surface area contributed by atoms with Gasteiger partial charge in [-0.1, -0.05) is 24.3 Å². The molecule has 0 unspecified atom stereocenters. The second-order valence-corrected chi connectivity index (χ2v) is 8.69. The van der Waals surface area contributed by atoms with Crippen LogP contribution in [-0.2, 0) is 0 Å². The summed E-state index contributed by atoms with van der Waals surface area (Å²) < 4.78 is 0. The molecule has 1 aliphatic heterocycles. The minimum absolute atomic E-state index is 0.0612. The molecule has 0 N–H and O–H groups in total. The standard InChI is InChI=1S/C24H23N5OS/c1-16-14-23(26-17(2)25-16)28-9-11-29(12-10-28)24(30)19-15-21(22-8-5-13-31-22)27-20-7-4-3-6-18(19)20/h3-8,13-15H,9-12H2,1-2H3. The fraction of sp³-hybridized carbons (Fsp3) is 0.250. The van der Waals surface area contributed by atoms with Gasteiger partial charge in [0.15, 0.2) is 0 Å². The molecular formula is C24H23N5OS. The molecule has 0 spiro atoms. The van der Waals surface area contributed by atoms with E-state index in [1.807, 2.05) is 72.7 Å². The Bertz CT molecular complexity index is 1230. The van der Waals surface area contributed by atoms with Gasteiger partial charge in [0.05, 0.1) is 21.7 Å². The smallest absolute Gasteiger partial charge is 0.254 e. The van der Waals surface area contributed by atoms with Gasteiger partial charge >= 0.3 is 0 Å². The van der Waals surface area contributed by atoms with Crippen molar-refractivity contribution in [1.82, 2.24) is 19.9 Å². The number of hydrogen-bond acceptors (Lipinski definition) is 6. The van der Waals surface area contributed by atoms with E-state index in [1.54, 1.807) is 11.3 Å². The summed E-state index contributed by atoms with van der Waals surface area (Å²) in [7, 11) is 0. The predicted molar refractivity (Wildman–Crippen MR) is 125 cm³/mol. The van der Waals surface area contributed by atoms with Crippen LogP contribution in [0.1, 0.15) is 21.9 Å². The summed E-state index contributed by atoms with van der Waals surface area (Å²) in [5, 5.41) is 2.93. The highest BCUT2D eigenvalue weighted by Gasteiger charge is 2.25. The van der Waals surface area contributed by atoms with Gasteiger partial charge in [0, 0.05) is 43.3 Å². The fourth-order valence-corrected chi connectivity index (χ4v) is 4.76. The van der Waals surface area contributed by atoms with Crippen molar-refractivity contribution in [3.05, 3.63) is 71.0 Å². The molecule has 0 aliphatic carbocycles. The Kier molecular flexibility index (Phi) is 5.11. The molecule has 1 aliphatic rings. The summed E-state index contributed by atoms with van der Waals surface area (Å²) in [5.41, 5.74) is 3.38. The van der Waals surface area contributed by atoms with Gasteiger partial charge in [-0.2, -0.15) is 0 Å². The number of carbonyl (C=O) groups excluding carboxylic acids is 1. The van der Waals surface area contributed by atoms with Gasteiger partial charge in [-0.15, -0.1) is 11.3 Å². The van der Waals surface area contributed by atoms with Crippen LogP contribution in [0, 0.1) is 13.8 Å². The second kappa shape index (κ2) is 8.07. The van der Waals surface area contributed by atoms with Gasteiger partial charge in [0.1, 0.15) is 11.6 Å². The molecule has 4 aromatic rings. The molecule has 4 heterocycles. The monoisotopic (exact) mass is 429 g/mol. The highest BCUT2D eigenvalue weighted by Crippen LogP contribution is 2.29. The number of aryl methyl sites for hydroxylation is 2. The molecule has 7 heteroatoms. The minimum Gasteiger partial charge on any atom is -0.353 e. The van der Waals surface area contributed by atoms with Crippen LogP contribution in [0.25, 0.3) is 21.5 Å². The van der Waals surface area contributed by atoms with Crippen LogP contribution in [-0.4, -0.2) is 51.9 Å². The Morgan fingerprint density at radius 1 is 0.935 bits per heavy atom. The zero-order valence-electron chi connectivity index (χ0n) is 17.6. The van der Waals surface area contributed by atoms with Crippen molar-refractivity contribution < 1.29 is 4.79 Å². The average molecular weight is 430 g/mol. The molecule has 1 saturated heterocycles. The number of benzene rings is 1. The van der Waals surface area contributed by atoms with Crippen molar-refractivity contribution in [2.24, 2.45) is 0 Å². The van der Waals surface area contributed by atoms with Crippen molar-refractivity contribution >= 4 is 34.0 Å². The van der Waals surface area contributed by atoms with Gasteiger partial charge in [-0.05, 0) is 37.4 Å². The van der Waals surface area contributed by atoms with Gasteiger partial charge in [-0.25, -0.2) is 15.0 Å². The van der Waals surface area contributed by atoms with Crippen molar-refractivity contribution in [2.75, 3.05) is 31.1 Å². The summed E-state index contributed by atoms with van der Waals surface area (Å²) in [6.07, 6.45) is 0. The van der Waals surface area contributed by atoms with Crippen LogP contribution < -0.4 is 4.90 Å². The normalized spacial score (nSPS) is 14.3. The summed E-state index contributed by atoms with van der Waals surface area (Å²) in [6.45, 7) is 6.72. The van der Waals surface area contributed by atoms with E-state index in [0.29, 0.717) is 13.1 Å². The number of anilines is 1. The van der Waals surface area contributed by atoms with E-state index >= 15 is 0 Å². The molecule has 0 radical (unpaired) electrons. The quantitative estimate of drug-likeness (QED) is 0.485. The van der Waals surface area contributed by atoms with Gasteiger partial charge in [0.25, 0.3) is 5.91 Å². The summed E-state index contributed by atoms with van der Waals surface area (Å²) >= 11 is 1.63. The number of piperazine rings is 1. The molecule has 6 nitrogen and oxygen atoms in total. The van der Waals surface area contributed by atoms with Crippen molar-refractivity contribution in [3.8, 4) is 10.6 Å². The Morgan fingerprint density at radius 3 is 2.48 bits per heavy atom. The fourth-order valence-electron chi connectivity index (χ4n) is 4.07. The lowest BCUT2D eigenvalue weighted by Crippen LogP contribution is -2.49. The number of nitrogens with zero attached hydrogens (tertiary/aromatic N) is 5. The van der Waals surface area contributed by atoms with E-state index in [4.69, 9.17) is 4.98 Å². The minimum atomic E-state index is 0.0612. The maximum atomic E-state index is 13.5. The maximum absolute atomic E-state index is 13.5. The third-order valence-electron chi connectivity index (χ3n) is 5.56. The zero-order chi connectivity index (χ0) is 21.4. The molecular weight excluding hydrogens is 406 g/mol. The van der Waals surface area contributed by atoms with E-state index in [0.717, 1.165) is 57.5 Å². The lowest BCUT2D eigenvalue weighted by molar-refractivity contribution is 0.0748. The number of fused-ring (bicyclic) bond motifs is 1. The first-order chi connectivity index (χ1) is 15.1. The molecule has 0 saturated carbocycles. The third kappa shape index (κ3) is 3.88. The first kappa shape index (κ1) is 19.6. The van der Waals surface area contributed by atoms with Crippen molar-refractivity contribution in [1.29, 1.82) is 0 Å². The molecule has 5 rings (SSSR count). The summed E-state index contributed by atoms with van der Waals surface area (Å²) in [4.78, 5) is 32.5. The van der Waals surface area contributed by atoms with Crippen molar-refractivity contribution in [2.45, 2.75) is 13.8 Å². The molecule has 3 aromatic heterocycles. The van der Waals surface area contributed by atoms with Crippen LogP contribution in [0.5, 0.6) is 0 Å².